The summed E-state index contributed by atoms with van der Waals surface area (Å²) in [5, 5.41) is 2.64. The molecule has 1 rings (SSSR count). The standard InChI is InChI=1S/C6H11NO.C5H6N2/c1-4-6(8)7-5(2)3;1-2-5-6-3-4-7-5/h4-5H,1H2,2-3H3,(H,7,8);2-4H,1H2,(H,6,7). The van der Waals surface area contributed by atoms with Crippen LogP contribution in [-0.4, -0.2) is 21.9 Å². The van der Waals surface area contributed by atoms with Gasteiger partial charge in [-0.15, -0.1) is 0 Å². The van der Waals surface area contributed by atoms with Crippen LogP contribution >= 0.6 is 0 Å². The SMILES string of the molecule is C=CC(=O)NC(C)C.C=Cc1ncc[nH]1. The highest BCUT2D eigenvalue weighted by molar-refractivity contribution is 5.86. The van der Waals surface area contributed by atoms with Crippen molar-refractivity contribution in [3.63, 3.8) is 0 Å². The van der Waals surface area contributed by atoms with Crippen LogP contribution in [0.5, 0.6) is 0 Å². The molecule has 0 fully saturated rings. The molecule has 0 aliphatic rings. The van der Waals surface area contributed by atoms with Gasteiger partial charge in [0.15, 0.2) is 0 Å². The second-order valence-electron chi connectivity index (χ2n) is 3.05. The molecule has 15 heavy (non-hydrogen) atoms. The Morgan fingerprint density at radius 2 is 2.27 bits per heavy atom. The number of carbonyl (C=O) groups is 1. The van der Waals surface area contributed by atoms with Crippen molar-refractivity contribution in [2.45, 2.75) is 19.9 Å². The van der Waals surface area contributed by atoms with Gasteiger partial charge in [-0.2, -0.15) is 0 Å². The molecule has 0 atom stereocenters. The summed E-state index contributed by atoms with van der Waals surface area (Å²) < 4.78 is 0. The number of aromatic amines is 1. The van der Waals surface area contributed by atoms with E-state index in [1.54, 1.807) is 18.5 Å². The Morgan fingerprint density at radius 1 is 1.60 bits per heavy atom. The van der Waals surface area contributed by atoms with Gasteiger partial charge in [-0.05, 0) is 26.0 Å². The van der Waals surface area contributed by atoms with E-state index in [9.17, 15) is 4.79 Å². The molecule has 0 aliphatic heterocycles. The van der Waals surface area contributed by atoms with Gasteiger partial charge in [-0.25, -0.2) is 4.98 Å². The molecule has 2 N–H and O–H groups in total. The molecule has 1 heterocycles. The highest BCUT2D eigenvalue weighted by Crippen LogP contribution is 1.86. The monoisotopic (exact) mass is 207 g/mol. The van der Waals surface area contributed by atoms with Gasteiger partial charge in [-0.1, -0.05) is 13.2 Å². The van der Waals surface area contributed by atoms with E-state index in [0.29, 0.717) is 0 Å². The number of hydrogen-bond donors (Lipinski definition) is 2. The quantitative estimate of drug-likeness (QED) is 0.742. The van der Waals surface area contributed by atoms with Crippen LogP contribution in [0.3, 0.4) is 0 Å². The Morgan fingerprint density at radius 3 is 2.47 bits per heavy atom. The molecule has 0 unspecified atom stereocenters. The summed E-state index contributed by atoms with van der Waals surface area (Å²) >= 11 is 0. The van der Waals surface area contributed by atoms with Crippen LogP contribution in [0.15, 0.2) is 31.6 Å². The van der Waals surface area contributed by atoms with Gasteiger partial charge in [0.2, 0.25) is 5.91 Å². The lowest BCUT2D eigenvalue weighted by molar-refractivity contribution is -0.116. The highest BCUT2D eigenvalue weighted by atomic mass is 16.1. The normalized spacial score (nSPS) is 8.73. The van der Waals surface area contributed by atoms with Gasteiger partial charge in [-0.3, -0.25) is 4.79 Å². The van der Waals surface area contributed by atoms with Crippen LogP contribution in [-0.2, 0) is 4.79 Å². The number of imidazole rings is 1. The van der Waals surface area contributed by atoms with Gasteiger partial charge in [0, 0.05) is 18.4 Å². The van der Waals surface area contributed by atoms with Gasteiger partial charge < -0.3 is 10.3 Å². The molecule has 1 aromatic rings. The Balaban J connectivity index is 0.000000262. The summed E-state index contributed by atoms with van der Waals surface area (Å²) in [5.74, 6) is 0.708. The maximum Gasteiger partial charge on any atom is 0.243 e. The molecule has 4 heteroatoms. The molecule has 0 radical (unpaired) electrons. The van der Waals surface area contributed by atoms with Crippen molar-refractivity contribution in [1.82, 2.24) is 15.3 Å². The predicted octanol–water partition coefficient (Wildman–Crippen LogP) is 1.75. The minimum atomic E-state index is -0.111. The van der Waals surface area contributed by atoms with E-state index in [1.807, 2.05) is 13.8 Å². The molecule has 0 bridgehead atoms. The van der Waals surface area contributed by atoms with Crippen molar-refractivity contribution in [2.24, 2.45) is 0 Å². The van der Waals surface area contributed by atoms with Crippen molar-refractivity contribution >= 4 is 12.0 Å². The average molecular weight is 207 g/mol. The number of aromatic nitrogens is 2. The summed E-state index contributed by atoms with van der Waals surface area (Å²) in [7, 11) is 0. The number of hydrogen-bond acceptors (Lipinski definition) is 2. The largest absolute Gasteiger partial charge is 0.350 e. The molecule has 4 nitrogen and oxygen atoms in total. The van der Waals surface area contributed by atoms with Gasteiger partial charge >= 0.3 is 0 Å². The van der Waals surface area contributed by atoms with Crippen molar-refractivity contribution in [1.29, 1.82) is 0 Å². The molecule has 0 spiro atoms. The topological polar surface area (TPSA) is 57.8 Å². The van der Waals surface area contributed by atoms with E-state index in [-0.39, 0.29) is 11.9 Å². The van der Waals surface area contributed by atoms with Crippen LogP contribution in [0.25, 0.3) is 6.08 Å². The molecule has 0 aliphatic carbocycles. The van der Waals surface area contributed by atoms with Gasteiger partial charge in [0.25, 0.3) is 0 Å². The number of carbonyl (C=O) groups excluding carboxylic acids is 1. The first kappa shape index (κ1) is 13.2. The molecule has 0 saturated heterocycles. The minimum absolute atomic E-state index is 0.111. The summed E-state index contributed by atoms with van der Waals surface area (Å²) in [5.41, 5.74) is 0. The summed E-state index contributed by atoms with van der Waals surface area (Å²) in [4.78, 5) is 17.1. The van der Waals surface area contributed by atoms with E-state index < -0.39 is 0 Å². The lowest BCUT2D eigenvalue weighted by atomic mass is 10.4. The van der Waals surface area contributed by atoms with Crippen LogP contribution in [0.2, 0.25) is 0 Å². The number of nitrogens with zero attached hydrogens (tertiary/aromatic N) is 1. The Labute approximate surface area is 90.1 Å². The smallest absolute Gasteiger partial charge is 0.243 e. The fraction of sp³-hybridized carbons (Fsp3) is 0.273. The van der Waals surface area contributed by atoms with Gasteiger partial charge in [0.05, 0.1) is 0 Å². The molecular weight excluding hydrogens is 190 g/mol. The van der Waals surface area contributed by atoms with Crippen molar-refractivity contribution < 1.29 is 4.79 Å². The molecular formula is C11H17N3O. The molecule has 1 aromatic heterocycles. The maximum atomic E-state index is 10.4. The second-order valence-corrected chi connectivity index (χ2v) is 3.05. The third kappa shape index (κ3) is 7.25. The van der Waals surface area contributed by atoms with Crippen molar-refractivity contribution in [2.75, 3.05) is 0 Å². The molecule has 0 saturated carbocycles. The summed E-state index contributed by atoms with van der Waals surface area (Å²) in [6.07, 6.45) is 6.38. The minimum Gasteiger partial charge on any atom is -0.350 e. The molecule has 82 valence electrons. The maximum absolute atomic E-state index is 10.4. The zero-order chi connectivity index (χ0) is 11.7. The fourth-order valence-electron chi connectivity index (χ4n) is 0.733. The second kappa shape index (κ2) is 7.55. The van der Waals surface area contributed by atoms with Crippen LogP contribution in [0.1, 0.15) is 19.7 Å². The predicted molar refractivity (Wildman–Crippen MR) is 62.2 cm³/mol. The Bertz CT molecular complexity index is 302. The number of amides is 1. The number of H-pyrrole nitrogens is 1. The van der Waals surface area contributed by atoms with Crippen LogP contribution < -0.4 is 5.32 Å². The zero-order valence-electron chi connectivity index (χ0n) is 9.16. The molecule has 1 amide bonds. The van der Waals surface area contributed by atoms with E-state index >= 15 is 0 Å². The highest BCUT2D eigenvalue weighted by Gasteiger charge is 1.93. The third-order valence-electron chi connectivity index (χ3n) is 1.33. The Hall–Kier alpha value is -1.84. The summed E-state index contributed by atoms with van der Waals surface area (Å²) in [6, 6.07) is 0.209. The van der Waals surface area contributed by atoms with Gasteiger partial charge in [0.1, 0.15) is 5.82 Å². The van der Waals surface area contributed by atoms with Crippen molar-refractivity contribution in [3.8, 4) is 0 Å². The zero-order valence-corrected chi connectivity index (χ0v) is 9.16. The fourth-order valence-corrected chi connectivity index (χ4v) is 0.733. The van der Waals surface area contributed by atoms with Crippen LogP contribution in [0, 0.1) is 0 Å². The third-order valence-corrected chi connectivity index (χ3v) is 1.33. The first-order chi connectivity index (χ1) is 7.10. The number of nitrogens with one attached hydrogen (secondary N) is 2. The van der Waals surface area contributed by atoms with Crippen molar-refractivity contribution in [3.05, 3.63) is 37.5 Å². The van der Waals surface area contributed by atoms with Crippen LogP contribution in [0.4, 0.5) is 0 Å². The van der Waals surface area contributed by atoms with E-state index in [0.717, 1.165) is 5.82 Å². The van der Waals surface area contributed by atoms with E-state index in [4.69, 9.17) is 0 Å². The summed E-state index contributed by atoms with van der Waals surface area (Å²) in [6.45, 7) is 10.6. The first-order valence-corrected chi connectivity index (χ1v) is 4.65. The molecule has 0 aromatic carbocycles. The lowest BCUT2D eigenvalue weighted by Crippen LogP contribution is -2.27. The van der Waals surface area contributed by atoms with E-state index in [1.165, 1.54) is 6.08 Å². The number of rotatable bonds is 3. The lowest BCUT2D eigenvalue weighted by Gasteiger charge is -2.02. The first-order valence-electron chi connectivity index (χ1n) is 4.65. The Kier molecular flexibility index (Phi) is 6.63. The van der Waals surface area contributed by atoms with E-state index in [2.05, 4.69) is 28.4 Å². The average Bonchev–Trinajstić information content (AvgIpc) is 2.70.